The van der Waals surface area contributed by atoms with Crippen molar-refractivity contribution < 1.29 is 0 Å². The molecule has 0 saturated heterocycles. The molecule has 0 aliphatic heterocycles. The van der Waals surface area contributed by atoms with Gasteiger partial charge >= 0.3 is 34.2 Å². The number of hydrogen-bond donors (Lipinski definition) is 0. The van der Waals surface area contributed by atoms with Crippen molar-refractivity contribution in [1.29, 1.82) is 0 Å². The van der Waals surface area contributed by atoms with Gasteiger partial charge in [-0.15, -0.1) is 0 Å². The van der Waals surface area contributed by atoms with E-state index in [2.05, 4.69) is 25.8 Å². The Kier molecular flexibility index (Phi) is 30.9. The van der Waals surface area contributed by atoms with Crippen LogP contribution in [0, 0.1) is 0 Å². The molecule has 0 amide bonds. The molecule has 0 rings (SSSR count). The Morgan fingerprint density at radius 3 is 1.17 bits per heavy atom. The Labute approximate surface area is 76.5 Å². The molecule has 0 aromatic carbocycles. The number of hydrogen-bond acceptors (Lipinski definition) is 0. The van der Waals surface area contributed by atoms with Crippen LogP contribution in [0.15, 0.2) is 0 Å². The van der Waals surface area contributed by atoms with Gasteiger partial charge < -0.3 is 18.1 Å². The molecule has 0 saturated carbocycles. The first-order chi connectivity index (χ1) is 2.83. The molecular formula is Br2Cl2Mg2. The average molecular weight is 279 g/mol. The van der Waals surface area contributed by atoms with E-state index in [1.807, 2.05) is 0 Å². The van der Waals surface area contributed by atoms with E-state index in [0.29, 0.717) is 0 Å². The van der Waals surface area contributed by atoms with Gasteiger partial charge in [0.25, 0.3) is 0 Å². The molecule has 0 spiro atoms. The molecule has 0 aromatic heterocycles. The summed E-state index contributed by atoms with van der Waals surface area (Å²) in [6, 6.07) is 0. The van der Waals surface area contributed by atoms with Crippen LogP contribution in [0.25, 0.3) is 0 Å². The van der Waals surface area contributed by atoms with E-state index in [9.17, 15) is 0 Å². The lowest BCUT2D eigenvalue weighted by atomic mass is 24.1. The van der Waals surface area contributed by atoms with Crippen LogP contribution in [-0.2, 0) is 0 Å². The van der Waals surface area contributed by atoms with Crippen molar-refractivity contribution >= 4 is 78.1 Å². The number of halogens is 4. The van der Waals surface area contributed by atoms with Crippen LogP contribution in [-0.4, -0.2) is 34.2 Å². The summed E-state index contributed by atoms with van der Waals surface area (Å²) < 4.78 is 0. The van der Waals surface area contributed by atoms with E-state index >= 15 is 0 Å². The topological polar surface area (TPSA) is 0 Å². The first-order valence-corrected chi connectivity index (χ1v) is 13.1. The van der Waals surface area contributed by atoms with Crippen molar-refractivity contribution in [3.63, 3.8) is 0 Å². The zero-order chi connectivity index (χ0) is 5.41. The Morgan fingerprint density at radius 2 is 1.17 bits per heavy atom. The molecule has 0 unspecified atom stereocenters. The summed E-state index contributed by atoms with van der Waals surface area (Å²) in [6.45, 7) is 0. The molecule has 0 nitrogen and oxygen atoms in total. The molecule has 0 aromatic rings. The maximum atomic E-state index is 4.90. The highest BCUT2D eigenvalue weighted by atomic mass is 79.9. The van der Waals surface area contributed by atoms with E-state index in [1.54, 1.807) is 0 Å². The lowest BCUT2D eigenvalue weighted by Gasteiger charge is -1.33. The third kappa shape index (κ3) is 27.6. The second-order valence-corrected chi connectivity index (χ2v) is 10.9. The van der Waals surface area contributed by atoms with Gasteiger partial charge in [0.1, 0.15) is 0 Å². The van der Waals surface area contributed by atoms with Crippen molar-refractivity contribution in [1.82, 2.24) is 0 Å². The lowest BCUT2D eigenvalue weighted by Crippen LogP contribution is -1.36. The molecular weight excluding hydrogens is 279 g/mol. The van der Waals surface area contributed by atoms with E-state index in [0.717, 1.165) is 0 Å². The first kappa shape index (κ1) is 11.8. The fourth-order valence-corrected chi connectivity index (χ4v) is 0. The molecule has 0 aliphatic carbocycles. The highest BCUT2D eigenvalue weighted by Crippen LogP contribution is 1.77. The van der Waals surface area contributed by atoms with Gasteiger partial charge in [-0.3, -0.25) is 25.8 Å². The molecule has 0 radical (unpaired) electrons. The lowest BCUT2D eigenvalue weighted by molar-refractivity contribution is 4.39. The third-order valence-corrected chi connectivity index (χ3v) is 0. The molecule has 0 heterocycles. The Balaban J connectivity index is 0. The fraction of sp³-hybridized carbons (Fsp3) is 0. The third-order valence-electron chi connectivity index (χ3n) is 0. The highest BCUT2D eigenvalue weighted by Gasteiger charge is 1.64. The van der Waals surface area contributed by atoms with Crippen molar-refractivity contribution in [2.45, 2.75) is 0 Å². The summed E-state index contributed by atoms with van der Waals surface area (Å²) in [5, 5.41) is 0. The van der Waals surface area contributed by atoms with Gasteiger partial charge in [-0.25, -0.2) is 0 Å². The van der Waals surface area contributed by atoms with E-state index in [4.69, 9.17) is 18.1 Å². The average Bonchev–Trinajstić information content (AvgIpc) is 1.39. The summed E-state index contributed by atoms with van der Waals surface area (Å²) in [4.78, 5) is 0. The molecule has 0 bridgehead atoms. The summed E-state index contributed by atoms with van der Waals surface area (Å²) >= 11 is 5.81. The van der Waals surface area contributed by atoms with Gasteiger partial charge in [0, 0.05) is 0 Å². The van der Waals surface area contributed by atoms with Crippen LogP contribution < -0.4 is 0 Å². The minimum Gasteiger partial charge on any atom is -0.309 e. The highest BCUT2D eigenvalue weighted by molar-refractivity contribution is 9.47. The molecule has 6 heavy (non-hydrogen) atoms. The SMILES string of the molecule is [Br][Mg][Br].[Cl][Mg][Cl]. The second-order valence-electron chi connectivity index (χ2n) is 0.202. The first-order valence-electron chi connectivity index (χ1n) is 1.07. The Morgan fingerprint density at radius 1 is 1.17 bits per heavy atom. The smallest absolute Gasteiger partial charge is 0.309 e. The Hall–Kier alpha value is 3.07. The summed E-state index contributed by atoms with van der Waals surface area (Å²) in [7, 11) is 9.81. The van der Waals surface area contributed by atoms with Crippen molar-refractivity contribution in [3.8, 4) is 0 Å². The minimum atomic E-state index is -0.639. The van der Waals surface area contributed by atoms with Crippen molar-refractivity contribution in [2.24, 2.45) is 0 Å². The van der Waals surface area contributed by atoms with E-state index in [1.165, 1.54) is 0 Å². The van der Waals surface area contributed by atoms with Gasteiger partial charge in [-0.1, -0.05) is 0 Å². The molecule has 0 aliphatic rings. The normalized spacial score (nSPS) is 3.33. The summed E-state index contributed by atoms with van der Waals surface area (Å²) in [5.74, 6) is 0. The quantitative estimate of drug-likeness (QED) is 0.597. The van der Waals surface area contributed by atoms with Gasteiger partial charge in [-0.2, -0.15) is 0 Å². The van der Waals surface area contributed by atoms with Gasteiger partial charge in [0.05, 0.1) is 0 Å². The largest absolute Gasteiger partial charge is 0.618 e. The molecule has 0 N–H and O–H groups in total. The standard InChI is InChI=1S/2BrH.2ClH.2Mg/h4*1H;;/q;;;;2*+2/p-4. The summed E-state index contributed by atoms with van der Waals surface area (Å²) in [6.07, 6.45) is 0. The molecule has 0 atom stereocenters. The minimum absolute atomic E-state index is 0.0417. The van der Waals surface area contributed by atoms with Gasteiger partial charge in [-0.05, 0) is 0 Å². The van der Waals surface area contributed by atoms with E-state index < -0.39 is 18.2 Å². The molecule has 32 valence electrons. The van der Waals surface area contributed by atoms with Crippen LogP contribution >= 0.6 is 43.9 Å². The van der Waals surface area contributed by atoms with Crippen LogP contribution in [0.1, 0.15) is 0 Å². The van der Waals surface area contributed by atoms with Crippen molar-refractivity contribution in [3.05, 3.63) is 0 Å². The zero-order valence-corrected chi connectivity index (χ0v) is 10.4. The monoisotopic (exact) mass is 276 g/mol. The van der Waals surface area contributed by atoms with E-state index in [-0.39, 0.29) is 16.0 Å². The van der Waals surface area contributed by atoms with Crippen LogP contribution in [0.3, 0.4) is 0 Å². The van der Waals surface area contributed by atoms with Gasteiger partial charge in [0.15, 0.2) is 0 Å². The fourth-order valence-electron chi connectivity index (χ4n) is 0. The maximum Gasteiger partial charge on any atom is 0.618 e. The maximum absolute atomic E-state index is 4.90. The predicted molar refractivity (Wildman–Crippen MR) is 41.1 cm³/mol. The Bertz CT molecular complexity index is 11.5. The van der Waals surface area contributed by atoms with Crippen LogP contribution in [0.5, 0.6) is 0 Å². The molecule has 6 heteroatoms. The van der Waals surface area contributed by atoms with Crippen molar-refractivity contribution in [2.75, 3.05) is 0 Å². The van der Waals surface area contributed by atoms with Crippen LogP contribution in [0.4, 0.5) is 0 Å². The van der Waals surface area contributed by atoms with Crippen LogP contribution in [0.2, 0.25) is 0 Å². The second kappa shape index (κ2) is 15.7. The van der Waals surface area contributed by atoms with Gasteiger partial charge in [0.2, 0.25) is 0 Å². The zero-order valence-electron chi connectivity index (χ0n) is 2.93. The number of rotatable bonds is 0. The summed E-state index contributed by atoms with van der Waals surface area (Å²) in [5.41, 5.74) is 0. The predicted octanol–water partition coefficient (Wildman–Crippen LogP) is 2.31. The molecule has 0 fully saturated rings.